The van der Waals surface area contributed by atoms with E-state index in [1.807, 2.05) is 58.9 Å². The summed E-state index contributed by atoms with van der Waals surface area (Å²) < 4.78 is 16.7. The van der Waals surface area contributed by atoms with Crippen LogP contribution in [0.15, 0.2) is 0 Å². The summed E-state index contributed by atoms with van der Waals surface area (Å²) in [5, 5.41) is 0. The molecule has 0 rings (SSSR count). The maximum Gasteiger partial charge on any atom is 0.321 e. The Hall–Kier alpha value is -0.449. The van der Waals surface area contributed by atoms with Crippen molar-refractivity contribution < 1.29 is 22.9 Å². The third kappa shape index (κ3) is 11.8. The molecule has 0 bridgehead atoms. The Bertz CT molecular complexity index is 377. The molecule has 0 N–H and O–H groups in total. The van der Waals surface area contributed by atoms with E-state index in [4.69, 9.17) is 13.3 Å². The standard InChI is InChI=1S/C13H30O5Si3/c1-19(2,3)16-11(13(15)18-21(7,8)9)10-12(14)17-20(4,5)6/h11H,10H2,1-9H3/t11-/m1/s1. The summed E-state index contributed by atoms with van der Waals surface area (Å²) in [5.41, 5.74) is 0. The van der Waals surface area contributed by atoms with Crippen LogP contribution in [0.4, 0.5) is 0 Å². The van der Waals surface area contributed by atoms with Gasteiger partial charge in [-0.15, -0.1) is 0 Å². The number of hydrogen-bond donors (Lipinski definition) is 0. The zero-order chi connectivity index (χ0) is 17.1. The molecule has 0 spiro atoms. The summed E-state index contributed by atoms with van der Waals surface area (Å²) in [6.45, 7) is 17.5. The van der Waals surface area contributed by atoms with Gasteiger partial charge in [0.25, 0.3) is 5.97 Å². The fourth-order valence-electron chi connectivity index (χ4n) is 1.50. The number of carbonyl (C=O) groups is 2. The molecule has 0 aliphatic rings. The lowest BCUT2D eigenvalue weighted by Crippen LogP contribution is -2.43. The molecule has 0 aliphatic carbocycles. The molecule has 8 heteroatoms. The van der Waals surface area contributed by atoms with Crippen LogP contribution in [0, 0.1) is 0 Å². The topological polar surface area (TPSA) is 61.8 Å². The fourth-order valence-corrected chi connectivity index (χ4v) is 4.04. The Balaban J connectivity index is 4.91. The third-order valence-electron chi connectivity index (χ3n) is 1.94. The Morgan fingerprint density at radius 2 is 1.19 bits per heavy atom. The quantitative estimate of drug-likeness (QED) is 0.659. The highest BCUT2D eigenvalue weighted by molar-refractivity contribution is 6.72. The molecule has 0 heterocycles. The van der Waals surface area contributed by atoms with E-state index in [1.54, 1.807) is 0 Å². The van der Waals surface area contributed by atoms with Crippen LogP contribution in [0.2, 0.25) is 58.9 Å². The van der Waals surface area contributed by atoms with Crippen molar-refractivity contribution in [1.29, 1.82) is 0 Å². The van der Waals surface area contributed by atoms with E-state index in [9.17, 15) is 9.59 Å². The SMILES string of the molecule is C[Si](C)(C)OC(=O)C[C@@H](O[Si](C)(C)C)C(=O)O[Si](C)(C)C. The van der Waals surface area contributed by atoms with E-state index >= 15 is 0 Å². The summed E-state index contributed by atoms with van der Waals surface area (Å²) in [6.07, 6.45) is -0.926. The first-order valence-corrected chi connectivity index (χ1v) is 17.4. The van der Waals surface area contributed by atoms with Gasteiger partial charge < -0.3 is 13.3 Å². The second-order valence-corrected chi connectivity index (χ2v) is 21.4. The smallest absolute Gasteiger partial charge is 0.321 e. The lowest BCUT2D eigenvalue weighted by atomic mass is 10.3. The number of carbonyl (C=O) groups excluding carboxylic acids is 2. The van der Waals surface area contributed by atoms with Gasteiger partial charge >= 0.3 is 5.97 Å². The molecule has 0 fully saturated rings. The molecule has 0 aliphatic heterocycles. The van der Waals surface area contributed by atoms with Gasteiger partial charge in [-0.1, -0.05) is 0 Å². The van der Waals surface area contributed by atoms with Crippen LogP contribution in [-0.4, -0.2) is 43.0 Å². The summed E-state index contributed by atoms with van der Waals surface area (Å²) in [4.78, 5) is 24.2. The molecule has 0 amide bonds. The second-order valence-electron chi connectivity index (χ2n) is 8.04. The van der Waals surface area contributed by atoms with Crippen LogP contribution in [0.3, 0.4) is 0 Å². The molecule has 124 valence electrons. The summed E-state index contributed by atoms with van der Waals surface area (Å²) in [7, 11) is -5.94. The maximum atomic E-state index is 12.3. The van der Waals surface area contributed by atoms with E-state index < -0.39 is 37.0 Å². The normalized spacial score (nSPS) is 14.5. The van der Waals surface area contributed by atoms with Gasteiger partial charge in [0, 0.05) is 0 Å². The lowest BCUT2D eigenvalue weighted by molar-refractivity contribution is -0.149. The molecule has 0 saturated heterocycles. The third-order valence-corrected chi connectivity index (χ3v) is 4.58. The minimum Gasteiger partial charge on any atom is -0.520 e. The minimum atomic E-state index is -2.01. The van der Waals surface area contributed by atoms with Crippen molar-refractivity contribution in [2.45, 2.75) is 71.4 Å². The average Bonchev–Trinajstić information content (AvgIpc) is 2.07. The molecule has 1 atom stereocenters. The predicted octanol–water partition coefficient (Wildman–Crippen LogP) is 3.35. The molecule has 0 radical (unpaired) electrons. The molecule has 0 aromatic heterocycles. The first kappa shape index (κ1) is 20.6. The van der Waals surface area contributed by atoms with E-state index in [2.05, 4.69) is 0 Å². The zero-order valence-electron chi connectivity index (χ0n) is 14.8. The molecular formula is C13H30O5Si3. The second kappa shape index (κ2) is 7.21. The Morgan fingerprint density at radius 1 is 0.762 bits per heavy atom. The van der Waals surface area contributed by atoms with Crippen LogP contribution < -0.4 is 0 Å². The monoisotopic (exact) mass is 350 g/mol. The van der Waals surface area contributed by atoms with Crippen molar-refractivity contribution in [2.75, 3.05) is 0 Å². The molecule has 0 aromatic rings. The van der Waals surface area contributed by atoms with Gasteiger partial charge in [0.05, 0.1) is 6.42 Å². The number of hydrogen-bond acceptors (Lipinski definition) is 5. The van der Waals surface area contributed by atoms with Gasteiger partial charge in [0.2, 0.25) is 16.6 Å². The van der Waals surface area contributed by atoms with E-state index in [1.165, 1.54) is 0 Å². The summed E-state index contributed by atoms with van der Waals surface area (Å²) in [6, 6.07) is 0. The summed E-state index contributed by atoms with van der Waals surface area (Å²) in [5.74, 6) is -0.825. The Kier molecular flexibility index (Phi) is 7.05. The van der Waals surface area contributed by atoms with Crippen LogP contribution in [0.25, 0.3) is 0 Å². The van der Waals surface area contributed by atoms with E-state index in [0.717, 1.165) is 0 Å². The van der Waals surface area contributed by atoms with Crippen LogP contribution in [0.1, 0.15) is 6.42 Å². The van der Waals surface area contributed by atoms with Crippen molar-refractivity contribution >= 4 is 36.9 Å². The Morgan fingerprint density at radius 3 is 1.52 bits per heavy atom. The van der Waals surface area contributed by atoms with Gasteiger partial charge in [-0.05, 0) is 58.9 Å². The molecule has 21 heavy (non-hydrogen) atoms. The largest absolute Gasteiger partial charge is 0.520 e. The first-order valence-electron chi connectivity index (χ1n) is 7.22. The van der Waals surface area contributed by atoms with Crippen molar-refractivity contribution in [3.05, 3.63) is 0 Å². The highest BCUT2D eigenvalue weighted by Gasteiger charge is 2.34. The van der Waals surface area contributed by atoms with Crippen LogP contribution in [-0.2, 0) is 22.9 Å². The fraction of sp³-hybridized carbons (Fsp3) is 0.846. The van der Waals surface area contributed by atoms with Crippen molar-refractivity contribution in [3.8, 4) is 0 Å². The van der Waals surface area contributed by atoms with E-state index in [-0.39, 0.29) is 12.4 Å². The minimum absolute atomic E-state index is 0.0716. The highest BCUT2D eigenvalue weighted by Crippen LogP contribution is 2.16. The van der Waals surface area contributed by atoms with Gasteiger partial charge in [0.1, 0.15) is 0 Å². The van der Waals surface area contributed by atoms with Crippen molar-refractivity contribution in [1.82, 2.24) is 0 Å². The van der Waals surface area contributed by atoms with Gasteiger partial charge in [-0.3, -0.25) is 9.59 Å². The molecule has 5 nitrogen and oxygen atoms in total. The highest BCUT2D eigenvalue weighted by atomic mass is 28.4. The van der Waals surface area contributed by atoms with Crippen LogP contribution in [0.5, 0.6) is 0 Å². The zero-order valence-corrected chi connectivity index (χ0v) is 17.8. The first-order chi connectivity index (χ1) is 9.09. The molecule has 0 aromatic carbocycles. The predicted molar refractivity (Wildman–Crippen MR) is 91.7 cm³/mol. The maximum absolute atomic E-state index is 12.3. The molecule has 0 unspecified atom stereocenters. The summed E-state index contributed by atoms with van der Waals surface area (Å²) >= 11 is 0. The lowest BCUT2D eigenvalue weighted by Gasteiger charge is -2.28. The van der Waals surface area contributed by atoms with Crippen LogP contribution >= 0.6 is 0 Å². The van der Waals surface area contributed by atoms with E-state index in [0.29, 0.717) is 0 Å². The van der Waals surface area contributed by atoms with Gasteiger partial charge in [-0.25, -0.2) is 0 Å². The molecular weight excluding hydrogens is 320 g/mol. The van der Waals surface area contributed by atoms with Gasteiger partial charge in [-0.2, -0.15) is 0 Å². The van der Waals surface area contributed by atoms with Crippen molar-refractivity contribution in [2.24, 2.45) is 0 Å². The Labute approximate surface area is 131 Å². The van der Waals surface area contributed by atoms with Gasteiger partial charge in [0.15, 0.2) is 14.4 Å². The number of rotatable bonds is 7. The van der Waals surface area contributed by atoms with Crippen molar-refractivity contribution in [3.63, 3.8) is 0 Å². The average molecular weight is 351 g/mol. The molecule has 0 saturated carbocycles.